The SMILES string of the molecule is CC1(I)C=CC2=C(CC=CO2)C(C(=O)CC#N)=C1. The van der Waals surface area contributed by atoms with Crippen LogP contribution >= 0.6 is 22.6 Å². The van der Waals surface area contributed by atoms with Crippen LogP contribution in [-0.4, -0.2) is 9.20 Å². The van der Waals surface area contributed by atoms with Crippen molar-refractivity contribution in [2.75, 3.05) is 0 Å². The van der Waals surface area contributed by atoms with Crippen LogP contribution in [0.25, 0.3) is 0 Å². The average molecular weight is 353 g/mol. The van der Waals surface area contributed by atoms with E-state index in [0.717, 1.165) is 5.57 Å². The number of allylic oxidation sites excluding steroid dienone is 6. The summed E-state index contributed by atoms with van der Waals surface area (Å²) >= 11 is 2.26. The number of nitriles is 1. The number of nitrogens with zero attached hydrogens (tertiary/aromatic N) is 1. The molecule has 0 N–H and O–H groups in total. The predicted molar refractivity (Wildman–Crippen MR) is 76.8 cm³/mol. The fraction of sp³-hybridized carbons (Fsp3) is 0.286. The topological polar surface area (TPSA) is 50.1 Å². The van der Waals surface area contributed by atoms with Crippen LogP contribution < -0.4 is 0 Å². The molecule has 0 bridgehead atoms. The number of rotatable bonds is 2. The predicted octanol–water partition coefficient (Wildman–Crippen LogP) is 3.35. The maximum Gasteiger partial charge on any atom is 0.177 e. The highest BCUT2D eigenvalue weighted by Gasteiger charge is 2.26. The van der Waals surface area contributed by atoms with Gasteiger partial charge in [-0.15, -0.1) is 0 Å². The van der Waals surface area contributed by atoms with Crippen LogP contribution in [0.2, 0.25) is 0 Å². The van der Waals surface area contributed by atoms with Gasteiger partial charge < -0.3 is 4.74 Å². The quantitative estimate of drug-likeness (QED) is 0.565. The second-order valence-corrected chi connectivity index (χ2v) is 6.66. The van der Waals surface area contributed by atoms with E-state index in [0.29, 0.717) is 17.8 Å². The number of hydrogen-bond acceptors (Lipinski definition) is 3. The van der Waals surface area contributed by atoms with Gasteiger partial charge in [-0.3, -0.25) is 4.79 Å². The van der Waals surface area contributed by atoms with Crippen molar-refractivity contribution in [3.63, 3.8) is 0 Å². The second kappa shape index (κ2) is 5.11. The van der Waals surface area contributed by atoms with Crippen LogP contribution in [0.5, 0.6) is 0 Å². The molecule has 2 rings (SSSR count). The molecule has 0 fully saturated rings. The second-order valence-electron chi connectivity index (χ2n) is 4.34. The minimum Gasteiger partial charge on any atom is -0.465 e. The largest absolute Gasteiger partial charge is 0.465 e. The van der Waals surface area contributed by atoms with Gasteiger partial charge in [-0.2, -0.15) is 5.26 Å². The zero-order valence-electron chi connectivity index (χ0n) is 9.94. The molecule has 1 aliphatic carbocycles. The molecular formula is C14H12INO2. The van der Waals surface area contributed by atoms with Crippen LogP contribution in [0.15, 0.2) is 47.5 Å². The Bertz CT molecular complexity index is 545. The van der Waals surface area contributed by atoms with Crippen molar-refractivity contribution < 1.29 is 9.53 Å². The van der Waals surface area contributed by atoms with Crippen molar-refractivity contribution in [3.8, 4) is 6.07 Å². The Hall–Kier alpha value is -1.35. The molecule has 0 spiro atoms. The van der Waals surface area contributed by atoms with Crippen molar-refractivity contribution in [1.29, 1.82) is 5.26 Å². The van der Waals surface area contributed by atoms with Crippen LogP contribution in [-0.2, 0) is 9.53 Å². The molecule has 4 heteroatoms. The first-order chi connectivity index (χ1) is 8.53. The number of carbonyl (C=O) groups is 1. The van der Waals surface area contributed by atoms with Crippen molar-refractivity contribution in [3.05, 3.63) is 47.5 Å². The standard InChI is InChI=1S/C14H12INO2/c1-14(15)6-4-13-10(3-2-8-18-13)11(9-14)12(17)5-7-16/h2,4,6,8-9H,3,5H2,1H3. The molecule has 0 amide bonds. The van der Waals surface area contributed by atoms with Crippen molar-refractivity contribution in [2.45, 2.75) is 23.2 Å². The molecule has 0 aromatic rings. The summed E-state index contributed by atoms with van der Waals surface area (Å²) in [5, 5.41) is 8.69. The lowest BCUT2D eigenvalue weighted by molar-refractivity contribution is -0.114. The zero-order chi connectivity index (χ0) is 13.2. The van der Waals surface area contributed by atoms with E-state index >= 15 is 0 Å². The van der Waals surface area contributed by atoms with E-state index in [1.807, 2.05) is 37.3 Å². The van der Waals surface area contributed by atoms with Crippen LogP contribution in [0, 0.1) is 11.3 Å². The van der Waals surface area contributed by atoms with E-state index in [2.05, 4.69) is 22.6 Å². The number of alkyl halides is 1. The van der Waals surface area contributed by atoms with Gasteiger partial charge >= 0.3 is 0 Å². The molecule has 0 aromatic carbocycles. The summed E-state index contributed by atoms with van der Waals surface area (Å²) < 4.78 is 5.20. The van der Waals surface area contributed by atoms with Crippen molar-refractivity contribution in [2.24, 2.45) is 0 Å². The van der Waals surface area contributed by atoms with Gasteiger partial charge in [-0.05, 0) is 25.5 Å². The fourth-order valence-corrected chi connectivity index (χ4v) is 2.40. The number of ketones is 1. The van der Waals surface area contributed by atoms with Crippen molar-refractivity contribution >= 4 is 28.4 Å². The van der Waals surface area contributed by atoms with Crippen LogP contribution in [0.4, 0.5) is 0 Å². The lowest BCUT2D eigenvalue weighted by Crippen LogP contribution is -2.12. The average Bonchev–Trinajstić information content (AvgIpc) is 2.47. The number of carbonyl (C=O) groups excluding carboxylic acids is 1. The molecule has 0 saturated heterocycles. The minimum absolute atomic E-state index is 0.0982. The number of hydrogen-bond donors (Lipinski definition) is 0. The van der Waals surface area contributed by atoms with Gasteiger partial charge in [0.1, 0.15) is 5.76 Å². The van der Waals surface area contributed by atoms with E-state index in [1.54, 1.807) is 6.26 Å². The summed E-state index contributed by atoms with van der Waals surface area (Å²) in [6.45, 7) is 2.01. The van der Waals surface area contributed by atoms with Gasteiger partial charge in [-0.25, -0.2) is 0 Å². The highest BCUT2D eigenvalue weighted by atomic mass is 127. The van der Waals surface area contributed by atoms with E-state index < -0.39 is 0 Å². The monoisotopic (exact) mass is 353 g/mol. The summed E-state index contributed by atoms with van der Waals surface area (Å²) in [5.41, 5.74) is 1.48. The third-order valence-corrected chi connectivity index (χ3v) is 3.43. The maximum absolute atomic E-state index is 12.1. The fourth-order valence-electron chi connectivity index (χ4n) is 1.91. The molecule has 1 atom stereocenters. The Labute approximate surface area is 120 Å². The molecule has 1 heterocycles. The van der Waals surface area contributed by atoms with E-state index in [9.17, 15) is 4.79 Å². The summed E-state index contributed by atoms with van der Waals surface area (Å²) in [6.07, 6.45) is 9.87. The Balaban J connectivity index is 2.48. The third kappa shape index (κ3) is 2.72. The van der Waals surface area contributed by atoms with Gasteiger partial charge in [0.05, 0.1) is 22.2 Å². The first-order valence-corrected chi connectivity index (χ1v) is 6.68. The number of halogens is 1. The molecule has 0 aromatic heterocycles. The zero-order valence-corrected chi connectivity index (χ0v) is 12.1. The molecule has 2 aliphatic rings. The summed E-state index contributed by atoms with van der Waals surface area (Å²) in [4.78, 5) is 12.1. The van der Waals surface area contributed by atoms with Gasteiger partial charge in [0.15, 0.2) is 5.78 Å². The summed E-state index contributed by atoms with van der Waals surface area (Å²) in [5.74, 6) is 0.561. The highest BCUT2D eigenvalue weighted by Crippen LogP contribution is 2.35. The van der Waals surface area contributed by atoms with Gasteiger partial charge in [0.2, 0.25) is 0 Å². The first-order valence-electron chi connectivity index (χ1n) is 5.60. The Morgan fingerprint density at radius 1 is 1.67 bits per heavy atom. The Morgan fingerprint density at radius 3 is 3.17 bits per heavy atom. The molecule has 92 valence electrons. The smallest absolute Gasteiger partial charge is 0.177 e. The molecule has 1 aliphatic heterocycles. The normalized spacial score (nSPS) is 25.7. The highest BCUT2D eigenvalue weighted by molar-refractivity contribution is 14.1. The summed E-state index contributed by atoms with van der Waals surface area (Å²) in [6, 6.07) is 1.91. The molecular weight excluding hydrogens is 341 g/mol. The number of Topliss-reactive ketones (excluding diaryl/α,β-unsaturated/α-hetero) is 1. The molecule has 1 unspecified atom stereocenters. The van der Waals surface area contributed by atoms with Gasteiger partial charge in [0.25, 0.3) is 0 Å². The molecule has 18 heavy (non-hydrogen) atoms. The molecule has 0 saturated carbocycles. The molecule has 3 nitrogen and oxygen atoms in total. The van der Waals surface area contributed by atoms with Gasteiger partial charge in [0, 0.05) is 11.1 Å². The van der Waals surface area contributed by atoms with Crippen LogP contribution in [0.3, 0.4) is 0 Å². The Morgan fingerprint density at radius 2 is 2.44 bits per heavy atom. The lowest BCUT2D eigenvalue weighted by atomic mass is 9.94. The summed E-state index contributed by atoms with van der Waals surface area (Å²) in [7, 11) is 0. The lowest BCUT2D eigenvalue weighted by Gasteiger charge is -2.16. The van der Waals surface area contributed by atoms with E-state index in [4.69, 9.17) is 10.00 Å². The van der Waals surface area contributed by atoms with Gasteiger partial charge in [-0.1, -0.05) is 34.7 Å². The Kier molecular flexibility index (Phi) is 3.71. The minimum atomic E-state index is -0.251. The van der Waals surface area contributed by atoms with E-state index in [-0.39, 0.29) is 15.6 Å². The maximum atomic E-state index is 12.1. The van der Waals surface area contributed by atoms with E-state index in [1.165, 1.54) is 0 Å². The first kappa shape index (κ1) is 13.1. The van der Waals surface area contributed by atoms with Crippen molar-refractivity contribution in [1.82, 2.24) is 0 Å². The molecule has 0 radical (unpaired) electrons. The number of ether oxygens (including phenoxy) is 1. The third-order valence-electron chi connectivity index (χ3n) is 2.76. The van der Waals surface area contributed by atoms with Crippen LogP contribution in [0.1, 0.15) is 19.8 Å².